The molecule has 2 heterocycles. The van der Waals surface area contributed by atoms with Crippen molar-refractivity contribution >= 4 is 58.5 Å². The van der Waals surface area contributed by atoms with E-state index in [4.69, 9.17) is 28.3 Å². The Kier molecular flexibility index (Phi) is 9.77. The summed E-state index contributed by atoms with van der Waals surface area (Å²) in [4.78, 5) is 38.0. The number of ether oxygens (including phenoxy) is 1. The molecule has 16 heteroatoms. The smallest absolute Gasteiger partial charge is 0.272 e. The van der Waals surface area contributed by atoms with E-state index < -0.39 is 17.0 Å². The van der Waals surface area contributed by atoms with Gasteiger partial charge in [0.15, 0.2) is 17.3 Å². The number of nitrogens with zero attached hydrogens (tertiary/aromatic N) is 4. The van der Waals surface area contributed by atoms with Gasteiger partial charge in [-0.2, -0.15) is 5.10 Å². The third kappa shape index (κ3) is 8.14. The second-order valence-electron chi connectivity index (χ2n) is 10.3. The number of carbonyl (C=O) groups excluding carboxylic acids is 3. The summed E-state index contributed by atoms with van der Waals surface area (Å²) < 4.78 is 22.1. The van der Waals surface area contributed by atoms with Crippen molar-refractivity contribution < 1.29 is 23.5 Å². The Balaban J connectivity index is 1.70. The number of benzene rings is 1. The Morgan fingerprint density at radius 2 is 1.81 bits per heavy atom. The lowest BCUT2D eigenvalue weighted by Crippen LogP contribution is -2.50. The van der Waals surface area contributed by atoms with E-state index in [1.807, 2.05) is 0 Å². The second-order valence-corrected chi connectivity index (χ2v) is 10.3. The molecule has 1 aromatic carbocycles. The van der Waals surface area contributed by atoms with E-state index >= 15 is 4.39 Å². The predicted octanol–water partition coefficient (Wildman–Crippen LogP) is 1.88. The van der Waals surface area contributed by atoms with Crippen LogP contribution in [0.25, 0.3) is 11.3 Å². The standard InChI is InChI=1S/C27H30B3FN8O4/c1-4-5-6-9-32-25(41)20-12-17(38-39(20)2)16-10-15(31)11-19(23(16)43-3)33-18-13-21(34-24(40)14-7-8-14)36-37-22(18)26(42)35-27(28,29)30/h10-14H,4-9H2,1-3H3,(H,32,41)(H,35,42)(H2,33,34,36,40). The molecule has 1 aliphatic carbocycles. The molecular formula is C27H30B3FN8O4. The molecule has 0 bridgehead atoms. The van der Waals surface area contributed by atoms with Crippen molar-refractivity contribution in [1.29, 1.82) is 0 Å². The highest BCUT2D eigenvalue weighted by molar-refractivity contribution is 6.60. The molecule has 1 fully saturated rings. The summed E-state index contributed by atoms with van der Waals surface area (Å²) in [5.41, 5.74) is 0.548. The molecule has 3 amide bonds. The van der Waals surface area contributed by atoms with Gasteiger partial charge in [0, 0.05) is 37.2 Å². The average Bonchev–Trinajstić information content (AvgIpc) is 3.71. The van der Waals surface area contributed by atoms with Crippen molar-refractivity contribution in [1.82, 2.24) is 30.6 Å². The molecule has 0 spiro atoms. The van der Waals surface area contributed by atoms with Gasteiger partial charge >= 0.3 is 0 Å². The maximum atomic E-state index is 15.0. The van der Waals surface area contributed by atoms with Crippen LogP contribution in [0.3, 0.4) is 0 Å². The molecule has 1 saturated carbocycles. The van der Waals surface area contributed by atoms with Gasteiger partial charge in [0.1, 0.15) is 11.5 Å². The van der Waals surface area contributed by atoms with Crippen molar-refractivity contribution in [3.05, 3.63) is 41.5 Å². The van der Waals surface area contributed by atoms with E-state index in [1.165, 1.54) is 30.0 Å². The molecule has 218 valence electrons. The van der Waals surface area contributed by atoms with Gasteiger partial charge in [-0.1, -0.05) is 25.0 Å². The number of unbranched alkanes of at least 4 members (excludes halogenated alkanes) is 2. The highest BCUT2D eigenvalue weighted by Gasteiger charge is 2.30. The number of anilines is 3. The van der Waals surface area contributed by atoms with E-state index in [-0.39, 0.29) is 63.3 Å². The minimum Gasteiger partial charge on any atom is -0.494 e. The molecule has 43 heavy (non-hydrogen) atoms. The molecule has 2 aromatic heterocycles. The van der Waals surface area contributed by atoms with Gasteiger partial charge in [0.25, 0.3) is 11.8 Å². The number of carbonyl (C=O) groups is 3. The van der Waals surface area contributed by atoms with Gasteiger partial charge < -0.3 is 26.0 Å². The molecule has 0 unspecified atom stereocenters. The fraction of sp³-hybridized carbons (Fsp3) is 0.407. The molecule has 4 N–H and O–H groups in total. The molecule has 6 radical (unpaired) electrons. The van der Waals surface area contributed by atoms with Gasteiger partial charge in [0.05, 0.1) is 47.7 Å². The minimum absolute atomic E-state index is 0.00543. The quantitative estimate of drug-likeness (QED) is 0.176. The lowest BCUT2D eigenvalue weighted by molar-refractivity contribution is -0.117. The van der Waals surface area contributed by atoms with Crippen LogP contribution in [-0.4, -0.2) is 80.1 Å². The molecule has 0 saturated heterocycles. The highest BCUT2D eigenvalue weighted by Crippen LogP contribution is 2.39. The van der Waals surface area contributed by atoms with Gasteiger partial charge in [-0.05, 0) is 31.4 Å². The number of hydrogen-bond acceptors (Lipinski definition) is 8. The van der Waals surface area contributed by atoms with Gasteiger partial charge in [0.2, 0.25) is 5.91 Å². The van der Waals surface area contributed by atoms with Crippen LogP contribution < -0.4 is 26.0 Å². The van der Waals surface area contributed by atoms with Crippen LogP contribution in [0.4, 0.5) is 21.6 Å². The zero-order valence-electron chi connectivity index (χ0n) is 24.2. The molecule has 0 aliphatic heterocycles. The number of aryl methyl sites for hydroxylation is 1. The number of aromatic nitrogens is 4. The van der Waals surface area contributed by atoms with E-state index in [9.17, 15) is 14.4 Å². The van der Waals surface area contributed by atoms with Crippen LogP contribution in [0.5, 0.6) is 5.75 Å². The average molecular weight is 582 g/mol. The normalized spacial score (nSPS) is 12.8. The first-order valence-corrected chi connectivity index (χ1v) is 13.7. The number of hydrogen-bond donors (Lipinski definition) is 4. The number of amides is 3. The van der Waals surface area contributed by atoms with Crippen molar-refractivity contribution in [3.63, 3.8) is 0 Å². The number of halogens is 1. The fourth-order valence-corrected chi connectivity index (χ4v) is 4.27. The van der Waals surface area contributed by atoms with E-state index in [0.717, 1.165) is 38.2 Å². The van der Waals surface area contributed by atoms with Gasteiger partial charge in [-0.3, -0.25) is 19.1 Å². The van der Waals surface area contributed by atoms with Crippen molar-refractivity contribution in [2.45, 2.75) is 44.3 Å². The fourth-order valence-electron chi connectivity index (χ4n) is 4.27. The van der Waals surface area contributed by atoms with Crippen molar-refractivity contribution in [2.24, 2.45) is 13.0 Å². The molecule has 1 aliphatic rings. The van der Waals surface area contributed by atoms with Crippen LogP contribution in [0.15, 0.2) is 24.3 Å². The Morgan fingerprint density at radius 3 is 2.47 bits per heavy atom. The van der Waals surface area contributed by atoms with Crippen LogP contribution in [0.1, 0.15) is 60.0 Å². The van der Waals surface area contributed by atoms with Crippen molar-refractivity contribution in [2.75, 3.05) is 24.3 Å². The third-order valence-electron chi connectivity index (χ3n) is 6.52. The first-order valence-electron chi connectivity index (χ1n) is 13.7. The Labute approximate surface area is 252 Å². The summed E-state index contributed by atoms with van der Waals surface area (Å²) in [6, 6.07) is 5.22. The Hall–Kier alpha value is -4.36. The second kappa shape index (κ2) is 13.3. The number of nitrogens with one attached hydrogen (secondary N) is 4. The minimum atomic E-state index is -2.07. The van der Waals surface area contributed by atoms with Crippen LogP contribution >= 0.6 is 0 Å². The van der Waals surface area contributed by atoms with Gasteiger partial charge in [-0.25, -0.2) is 4.39 Å². The molecule has 0 atom stereocenters. The molecule has 4 rings (SSSR count). The largest absolute Gasteiger partial charge is 0.494 e. The Bertz CT molecular complexity index is 1520. The van der Waals surface area contributed by atoms with Gasteiger partial charge in [-0.15, -0.1) is 10.2 Å². The SMILES string of the molecule is [B]C([B])([B])NC(=O)c1nnc(NC(=O)C2CC2)cc1Nc1cc(F)cc(-c2cc(C(=O)NCCCCC)n(C)n2)c1OC. The zero-order valence-corrected chi connectivity index (χ0v) is 24.2. The summed E-state index contributed by atoms with van der Waals surface area (Å²) in [7, 11) is 19.6. The lowest BCUT2D eigenvalue weighted by Gasteiger charge is -2.23. The molecule has 12 nitrogen and oxygen atoms in total. The van der Waals surface area contributed by atoms with E-state index in [0.29, 0.717) is 6.54 Å². The highest BCUT2D eigenvalue weighted by atomic mass is 19.1. The summed E-state index contributed by atoms with van der Waals surface area (Å²) in [5, 5.41) is 20.8. The summed E-state index contributed by atoms with van der Waals surface area (Å²) in [6.45, 7) is 2.59. The maximum absolute atomic E-state index is 15.0. The summed E-state index contributed by atoms with van der Waals surface area (Å²) >= 11 is 0. The molecular weight excluding hydrogens is 552 g/mol. The third-order valence-corrected chi connectivity index (χ3v) is 6.52. The number of methoxy groups -OCH3 is 1. The zero-order chi connectivity index (χ0) is 31.3. The monoisotopic (exact) mass is 582 g/mol. The van der Waals surface area contributed by atoms with Crippen molar-refractivity contribution in [3.8, 4) is 17.0 Å². The predicted molar refractivity (Wildman–Crippen MR) is 161 cm³/mol. The topological polar surface area (TPSA) is 152 Å². The van der Waals surface area contributed by atoms with E-state index in [1.54, 1.807) is 7.05 Å². The Morgan fingerprint density at radius 1 is 1.07 bits per heavy atom. The first-order chi connectivity index (χ1) is 20.4. The van der Waals surface area contributed by atoms with Crippen LogP contribution in [-0.2, 0) is 11.8 Å². The summed E-state index contributed by atoms with van der Waals surface area (Å²) in [5.74, 6) is -2.06. The summed E-state index contributed by atoms with van der Waals surface area (Å²) in [6.07, 6.45) is 4.38. The van der Waals surface area contributed by atoms with Crippen LogP contribution in [0.2, 0.25) is 0 Å². The first kappa shape index (κ1) is 31.6. The molecule has 3 aromatic rings. The lowest BCUT2D eigenvalue weighted by atomic mass is 9.49. The number of rotatable bonds is 13. The maximum Gasteiger partial charge on any atom is 0.272 e. The van der Waals surface area contributed by atoms with E-state index in [2.05, 4.69) is 43.5 Å². The van der Waals surface area contributed by atoms with Crippen LogP contribution in [0, 0.1) is 11.7 Å².